The van der Waals surface area contributed by atoms with Gasteiger partial charge in [0, 0.05) is 29.9 Å². The van der Waals surface area contributed by atoms with Gasteiger partial charge in [0.25, 0.3) is 0 Å². The summed E-state index contributed by atoms with van der Waals surface area (Å²) in [5, 5.41) is 7.67. The number of hydrogen-bond donors (Lipinski definition) is 2. The Balaban J connectivity index is 1.51. The summed E-state index contributed by atoms with van der Waals surface area (Å²) in [7, 11) is -3.26. The van der Waals surface area contributed by atoms with Gasteiger partial charge >= 0.3 is 0 Å². The highest BCUT2D eigenvalue weighted by Gasteiger charge is 2.13. The summed E-state index contributed by atoms with van der Waals surface area (Å²) < 4.78 is 25.0. The molecule has 9 nitrogen and oxygen atoms in total. The summed E-state index contributed by atoms with van der Waals surface area (Å²) >= 11 is 0. The fourth-order valence-electron chi connectivity index (χ4n) is 3.28. The fourth-order valence-corrected chi connectivity index (χ4v) is 3.91. The number of benzene rings is 2. The lowest BCUT2D eigenvalue weighted by atomic mass is 10.1. The van der Waals surface area contributed by atoms with E-state index in [1.807, 2.05) is 25.1 Å². The second kappa shape index (κ2) is 6.63. The SMILES string of the molecule is Cc1nc2ccc(Nc3nc4c(-c5ccc(S(C)(=O)=O)cc5)nccn4n3)cc2[nH]1. The van der Waals surface area contributed by atoms with Crippen molar-refractivity contribution in [3.8, 4) is 11.3 Å². The zero-order valence-corrected chi connectivity index (χ0v) is 17.0. The number of anilines is 2. The van der Waals surface area contributed by atoms with E-state index in [2.05, 4.69) is 30.4 Å². The van der Waals surface area contributed by atoms with Crippen molar-refractivity contribution in [1.82, 2.24) is 29.5 Å². The van der Waals surface area contributed by atoms with Crippen molar-refractivity contribution in [3.63, 3.8) is 0 Å². The number of aromatic nitrogens is 6. The second-order valence-electron chi connectivity index (χ2n) is 6.96. The van der Waals surface area contributed by atoms with Gasteiger partial charge in [-0.1, -0.05) is 12.1 Å². The van der Waals surface area contributed by atoms with Crippen LogP contribution in [0.2, 0.25) is 0 Å². The Morgan fingerprint density at radius 3 is 2.63 bits per heavy atom. The minimum absolute atomic E-state index is 0.256. The number of nitrogens with zero attached hydrogens (tertiary/aromatic N) is 5. The van der Waals surface area contributed by atoms with E-state index in [1.54, 1.807) is 41.2 Å². The van der Waals surface area contributed by atoms with Gasteiger partial charge in [0.15, 0.2) is 15.5 Å². The Bertz CT molecular complexity index is 1500. The number of sulfone groups is 1. The monoisotopic (exact) mass is 419 g/mol. The second-order valence-corrected chi connectivity index (χ2v) is 8.97. The normalized spacial score (nSPS) is 11.9. The molecule has 0 aliphatic carbocycles. The summed E-state index contributed by atoms with van der Waals surface area (Å²) in [6, 6.07) is 12.3. The molecule has 0 saturated heterocycles. The molecule has 2 N–H and O–H groups in total. The van der Waals surface area contributed by atoms with Gasteiger partial charge in [-0.3, -0.25) is 4.98 Å². The molecule has 0 saturated carbocycles. The minimum atomic E-state index is -3.26. The van der Waals surface area contributed by atoms with Crippen LogP contribution in [0.4, 0.5) is 11.6 Å². The van der Waals surface area contributed by atoms with Gasteiger partial charge < -0.3 is 10.3 Å². The van der Waals surface area contributed by atoms with Gasteiger partial charge in [-0.2, -0.15) is 4.98 Å². The number of H-pyrrole nitrogens is 1. The van der Waals surface area contributed by atoms with Crippen LogP contribution in [0, 0.1) is 6.92 Å². The van der Waals surface area contributed by atoms with Crippen molar-refractivity contribution in [3.05, 3.63) is 60.7 Å². The van der Waals surface area contributed by atoms with E-state index < -0.39 is 9.84 Å². The molecule has 5 rings (SSSR count). The van der Waals surface area contributed by atoms with Crippen LogP contribution < -0.4 is 5.32 Å². The standard InChI is InChI=1S/C20H17N7O2S/c1-12-22-16-8-5-14(11-17(16)23-12)24-20-25-19-18(21-9-10-27(19)26-20)13-3-6-15(7-4-13)30(2,28)29/h3-11H,1-2H3,(H,22,23)(H,24,26). The highest BCUT2D eigenvalue weighted by molar-refractivity contribution is 7.90. The maximum atomic E-state index is 11.7. The van der Waals surface area contributed by atoms with Crippen molar-refractivity contribution in [2.75, 3.05) is 11.6 Å². The zero-order valence-electron chi connectivity index (χ0n) is 16.2. The molecule has 0 fully saturated rings. The Labute approximate surface area is 171 Å². The summed E-state index contributed by atoms with van der Waals surface area (Å²) in [4.78, 5) is 16.9. The van der Waals surface area contributed by atoms with Crippen LogP contribution in [0.1, 0.15) is 5.82 Å². The molecule has 0 unspecified atom stereocenters. The first kappa shape index (κ1) is 18.3. The average Bonchev–Trinajstić information content (AvgIpc) is 3.28. The van der Waals surface area contributed by atoms with E-state index in [0.29, 0.717) is 17.3 Å². The third kappa shape index (κ3) is 3.26. The Morgan fingerprint density at radius 1 is 1.07 bits per heavy atom. The van der Waals surface area contributed by atoms with Gasteiger partial charge in [-0.15, -0.1) is 5.10 Å². The van der Waals surface area contributed by atoms with Crippen LogP contribution in [-0.2, 0) is 9.84 Å². The van der Waals surface area contributed by atoms with E-state index in [0.717, 1.165) is 28.1 Å². The molecule has 0 atom stereocenters. The van der Waals surface area contributed by atoms with Crippen molar-refractivity contribution in [1.29, 1.82) is 0 Å². The molecule has 150 valence electrons. The first-order chi connectivity index (χ1) is 14.4. The Morgan fingerprint density at radius 2 is 1.87 bits per heavy atom. The quantitative estimate of drug-likeness (QED) is 0.459. The minimum Gasteiger partial charge on any atom is -0.342 e. The maximum Gasteiger partial charge on any atom is 0.247 e. The molecule has 0 spiro atoms. The summed E-state index contributed by atoms with van der Waals surface area (Å²) in [6.45, 7) is 1.91. The summed E-state index contributed by atoms with van der Waals surface area (Å²) in [5.74, 6) is 1.28. The number of rotatable bonds is 4. The van der Waals surface area contributed by atoms with E-state index in [4.69, 9.17) is 0 Å². The van der Waals surface area contributed by atoms with Gasteiger partial charge in [0.05, 0.1) is 15.9 Å². The van der Waals surface area contributed by atoms with Crippen molar-refractivity contribution in [2.24, 2.45) is 0 Å². The number of fused-ring (bicyclic) bond motifs is 2. The molecule has 0 amide bonds. The molecule has 30 heavy (non-hydrogen) atoms. The molecule has 2 aromatic carbocycles. The molecule has 0 radical (unpaired) electrons. The van der Waals surface area contributed by atoms with Crippen molar-refractivity contribution < 1.29 is 8.42 Å². The van der Waals surface area contributed by atoms with E-state index in [-0.39, 0.29) is 4.90 Å². The fraction of sp³-hybridized carbons (Fsp3) is 0.100. The van der Waals surface area contributed by atoms with Gasteiger partial charge in [-0.25, -0.2) is 17.9 Å². The van der Waals surface area contributed by atoms with Gasteiger partial charge in [0.2, 0.25) is 5.95 Å². The van der Waals surface area contributed by atoms with Gasteiger partial charge in [-0.05, 0) is 37.3 Å². The lowest BCUT2D eigenvalue weighted by Crippen LogP contribution is -1.97. The number of imidazole rings is 1. The van der Waals surface area contributed by atoms with Crippen LogP contribution in [0.3, 0.4) is 0 Å². The first-order valence-corrected chi connectivity index (χ1v) is 11.0. The summed E-state index contributed by atoms with van der Waals surface area (Å²) in [5.41, 5.74) is 4.57. The zero-order chi connectivity index (χ0) is 20.9. The number of aromatic amines is 1. The molecular formula is C20H17N7O2S. The maximum absolute atomic E-state index is 11.7. The Hall–Kier alpha value is -3.79. The topological polar surface area (TPSA) is 118 Å². The van der Waals surface area contributed by atoms with Crippen LogP contribution in [0.25, 0.3) is 27.9 Å². The third-order valence-electron chi connectivity index (χ3n) is 4.67. The van der Waals surface area contributed by atoms with Crippen LogP contribution in [-0.4, -0.2) is 44.2 Å². The third-order valence-corrected chi connectivity index (χ3v) is 5.80. The number of aryl methyl sites for hydroxylation is 1. The molecule has 10 heteroatoms. The van der Waals surface area contributed by atoms with Gasteiger partial charge in [0.1, 0.15) is 11.5 Å². The van der Waals surface area contributed by atoms with E-state index in [9.17, 15) is 8.42 Å². The predicted octanol–water partition coefficient (Wildman–Crippen LogP) is 3.12. The Kier molecular flexibility index (Phi) is 4.03. The lowest BCUT2D eigenvalue weighted by Gasteiger charge is -2.03. The molecule has 0 aliphatic rings. The molecule has 0 bridgehead atoms. The van der Waals surface area contributed by atoms with Crippen LogP contribution >= 0.6 is 0 Å². The van der Waals surface area contributed by atoms with Crippen molar-refractivity contribution in [2.45, 2.75) is 11.8 Å². The smallest absolute Gasteiger partial charge is 0.247 e. The van der Waals surface area contributed by atoms with Crippen LogP contribution in [0.5, 0.6) is 0 Å². The molecular weight excluding hydrogens is 402 g/mol. The van der Waals surface area contributed by atoms with Crippen LogP contribution in [0.15, 0.2) is 59.8 Å². The summed E-state index contributed by atoms with van der Waals surface area (Å²) in [6.07, 6.45) is 4.52. The van der Waals surface area contributed by atoms with E-state index in [1.165, 1.54) is 6.26 Å². The average molecular weight is 419 g/mol. The molecule has 3 aromatic heterocycles. The van der Waals surface area contributed by atoms with E-state index >= 15 is 0 Å². The molecule has 5 aromatic rings. The largest absolute Gasteiger partial charge is 0.342 e. The number of hydrogen-bond acceptors (Lipinski definition) is 7. The number of nitrogens with one attached hydrogen (secondary N) is 2. The highest BCUT2D eigenvalue weighted by atomic mass is 32.2. The lowest BCUT2D eigenvalue weighted by molar-refractivity contribution is 0.602. The molecule has 3 heterocycles. The van der Waals surface area contributed by atoms with Crippen molar-refractivity contribution >= 4 is 38.2 Å². The molecule has 0 aliphatic heterocycles. The predicted molar refractivity (Wildman–Crippen MR) is 113 cm³/mol. The first-order valence-electron chi connectivity index (χ1n) is 9.12. The highest BCUT2D eigenvalue weighted by Crippen LogP contribution is 2.25.